The smallest absolute Gasteiger partial charge is 0.150 e. The van der Waals surface area contributed by atoms with E-state index in [2.05, 4.69) is 89.8 Å². The minimum atomic E-state index is 0.465. The summed E-state index contributed by atoms with van der Waals surface area (Å²) in [5, 5.41) is 3.17. The maximum Gasteiger partial charge on any atom is 0.150 e. The number of aromatic nitrogens is 1. The number of aryl methyl sites for hydroxylation is 5. The van der Waals surface area contributed by atoms with Crippen LogP contribution in [0.15, 0.2) is 60.2 Å². The fourth-order valence-electron chi connectivity index (χ4n) is 4.35. The van der Waals surface area contributed by atoms with Crippen LogP contribution in [0.1, 0.15) is 71.5 Å². The van der Waals surface area contributed by atoms with Crippen LogP contribution in [0.5, 0.6) is 0 Å². The summed E-state index contributed by atoms with van der Waals surface area (Å²) in [4.78, 5) is 9.55. The highest BCUT2D eigenvalue weighted by Crippen LogP contribution is 2.24. The first kappa shape index (κ1) is 26.2. The van der Waals surface area contributed by atoms with Crippen molar-refractivity contribution in [1.29, 1.82) is 0 Å². The normalized spacial score (nSPS) is 12.5. The number of aliphatic imine (C=N–C) groups is 1. The zero-order chi connectivity index (χ0) is 25.5. The number of nitrogens with zero attached hydrogens (tertiary/aromatic N) is 2. The molecule has 0 saturated heterocycles. The van der Waals surface area contributed by atoms with E-state index in [1.54, 1.807) is 6.20 Å². The van der Waals surface area contributed by atoms with E-state index in [4.69, 9.17) is 15.7 Å². The molecule has 1 unspecified atom stereocenters. The number of rotatable bonds is 10. The molecule has 0 radical (unpaired) electrons. The number of hydrogen-bond acceptors (Lipinski definition) is 3. The molecule has 1 heterocycles. The van der Waals surface area contributed by atoms with Gasteiger partial charge in [0.25, 0.3) is 0 Å². The highest BCUT2D eigenvalue weighted by atomic mass is 14.9. The van der Waals surface area contributed by atoms with Gasteiger partial charge in [0, 0.05) is 11.4 Å². The predicted molar refractivity (Wildman–Crippen MR) is 151 cm³/mol. The molecule has 0 aliphatic carbocycles. The van der Waals surface area contributed by atoms with Crippen molar-refractivity contribution in [2.75, 3.05) is 5.32 Å². The average Bonchev–Trinajstić information content (AvgIpc) is 2.82. The molecule has 0 spiro atoms. The zero-order valence-corrected chi connectivity index (χ0v) is 22.2. The Labute approximate surface area is 211 Å². The highest BCUT2D eigenvalue weighted by molar-refractivity contribution is 5.98. The number of amidine groups is 1. The van der Waals surface area contributed by atoms with Crippen LogP contribution in [0.4, 0.5) is 11.4 Å². The molecule has 0 amide bonds. The summed E-state index contributed by atoms with van der Waals surface area (Å²) in [6, 6.07) is 15.0. The van der Waals surface area contributed by atoms with Gasteiger partial charge in [0.05, 0.1) is 5.69 Å². The molecule has 4 heteroatoms. The predicted octanol–water partition coefficient (Wildman–Crippen LogP) is 7.48. The topological polar surface area (TPSA) is 63.3 Å². The van der Waals surface area contributed by atoms with E-state index in [-0.39, 0.29) is 0 Å². The first-order chi connectivity index (χ1) is 16.7. The molecule has 0 fully saturated rings. The quantitative estimate of drug-likeness (QED) is 0.239. The summed E-state index contributed by atoms with van der Waals surface area (Å²) in [6.45, 7) is 16.7. The number of nitrogens with one attached hydrogen (secondary N) is 1. The van der Waals surface area contributed by atoms with Crippen molar-refractivity contribution in [3.63, 3.8) is 0 Å². The Kier molecular flexibility index (Phi) is 8.86. The Hall–Kier alpha value is -3.40. The van der Waals surface area contributed by atoms with E-state index in [0.717, 1.165) is 47.1 Å². The number of anilines is 1. The summed E-state index contributed by atoms with van der Waals surface area (Å²) in [6.07, 6.45) is 6.03. The summed E-state index contributed by atoms with van der Waals surface area (Å²) in [5.74, 6) is 1.19. The van der Waals surface area contributed by atoms with Crippen LogP contribution in [-0.4, -0.2) is 10.8 Å². The monoisotopic (exact) mass is 468 g/mol. The van der Waals surface area contributed by atoms with Gasteiger partial charge in [-0.25, -0.2) is 9.98 Å². The van der Waals surface area contributed by atoms with Gasteiger partial charge in [-0.15, -0.1) is 0 Å². The number of hydrogen-bond donors (Lipinski definition) is 2. The van der Waals surface area contributed by atoms with E-state index < -0.39 is 0 Å². The van der Waals surface area contributed by atoms with Crippen molar-refractivity contribution < 1.29 is 0 Å². The van der Waals surface area contributed by atoms with E-state index in [1.807, 2.05) is 6.07 Å². The standard InChI is InChI=1S/C31H40N4/c1-8-20(3)10-12-27-17-23(6)30(34-24(27)7)31(32)35-28-14-13-26(21(4)18-28)19-25-11-15-29(33-9-2)22(5)16-25/h9,11,13-18,20,33H,2,8,10,12,19H2,1,3-7H3,(H2,32,35). The Morgan fingerprint density at radius 3 is 2.46 bits per heavy atom. The highest BCUT2D eigenvalue weighted by Gasteiger charge is 2.12. The maximum absolute atomic E-state index is 6.43. The summed E-state index contributed by atoms with van der Waals surface area (Å²) < 4.78 is 0. The molecule has 35 heavy (non-hydrogen) atoms. The van der Waals surface area contributed by atoms with E-state index in [1.165, 1.54) is 40.7 Å². The van der Waals surface area contributed by atoms with Crippen LogP contribution in [0.25, 0.3) is 0 Å². The van der Waals surface area contributed by atoms with Gasteiger partial charge in [0.2, 0.25) is 0 Å². The number of pyridine rings is 1. The third-order valence-electron chi connectivity index (χ3n) is 6.87. The molecule has 0 aliphatic rings. The van der Waals surface area contributed by atoms with E-state index >= 15 is 0 Å². The molecular weight excluding hydrogens is 428 g/mol. The van der Waals surface area contributed by atoms with Gasteiger partial charge in [-0.2, -0.15) is 0 Å². The molecule has 2 aromatic carbocycles. The first-order valence-corrected chi connectivity index (χ1v) is 12.6. The number of benzene rings is 2. The summed E-state index contributed by atoms with van der Waals surface area (Å²) in [7, 11) is 0. The molecule has 1 aromatic heterocycles. The Bertz CT molecular complexity index is 1220. The van der Waals surface area contributed by atoms with Crippen molar-refractivity contribution in [1.82, 2.24) is 4.98 Å². The van der Waals surface area contributed by atoms with Crippen LogP contribution in [0.3, 0.4) is 0 Å². The maximum atomic E-state index is 6.43. The molecule has 3 rings (SSSR count). The van der Waals surface area contributed by atoms with Crippen LogP contribution in [-0.2, 0) is 12.8 Å². The second kappa shape index (κ2) is 11.8. The van der Waals surface area contributed by atoms with Gasteiger partial charge in [-0.05, 0) is 111 Å². The molecule has 3 aromatic rings. The third-order valence-corrected chi connectivity index (χ3v) is 6.87. The minimum absolute atomic E-state index is 0.465. The molecule has 1 atom stereocenters. The largest absolute Gasteiger partial charge is 0.382 e. The molecule has 184 valence electrons. The fraction of sp³-hybridized carbons (Fsp3) is 0.355. The van der Waals surface area contributed by atoms with Crippen molar-refractivity contribution in [3.8, 4) is 0 Å². The Balaban J connectivity index is 1.77. The fourth-order valence-corrected chi connectivity index (χ4v) is 4.35. The van der Waals surface area contributed by atoms with Gasteiger partial charge in [-0.3, -0.25) is 0 Å². The molecule has 0 saturated carbocycles. The molecule has 0 aliphatic heterocycles. The van der Waals surface area contributed by atoms with Crippen molar-refractivity contribution in [2.24, 2.45) is 16.6 Å². The molecule has 3 N–H and O–H groups in total. The van der Waals surface area contributed by atoms with Crippen molar-refractivity contribution >= 4 is 17.2 Å². The lowest BCUT2D eigenvalue weighted by Gasteiger charge is -2.13. The second-order valence-electron chi connectivity index (χ2n) is 9.73. The Morgan fingerprint density at radius 1 is 1.03 bits per heavy atom. The molecule has 4 nitrogen and oxygen atoms in total. The van der Waals surface area contributed by atoms with Crippen LogP contribution in [0, 0.1) is 33.6 Å². The Morgan fingerprint density at radius 2 is 1.80 bits per heavy atom. The van der Waals surface area contributed by atoms with Gasteiger partial charge >= 0.3 is 0 Å². The summed E-state index contributed by atoms with van der Waals surface area (Å²) in [5.41, 5.74) is 17.5. The zero-order valence-electron chi connectivity index (χ0n) is 22.2. The van der Waals surface area contributed by atoms with Gasteiger partial charge in [-0.1, -0.05) is 51.1 Å². The van der Waals surface area contributed by atoms with Crippen molar-refractivity contribution in [2.45, 2.75) is 67.2 Å². The van der Waals surface area contributed by atoms with Gasteiger partial charge in [0.1, 0.15) is 11.5 Å². The first-order valence-electron chi connectivity index (χ1n) is 12.6. The van der Waals surface area contributed by atoms with Crippen molar-refractivity contribution in [3.05, 3.63) is 100 Å². The summed E-state index contributed by atoms with van der Waals surface area (Å²) >= 11 is 0. The van der Waals surface area contributed by atoms with Gasteiger partial charge in [0.15, 0.2) is 0 Å². The SMILES string of the molecule is C=CNc1ccc(Cc2ccc(N=C(N)c3nc(C)c(CCC(C)CC)cc3C)cc2C)cc1C. The van der Waals surface area contributed by atoms with Gasteiger partial charge < -0.3 is 11.1 Å². The average molecular weight is 469 g/mol. The lowest BCUT2D eigenvalue weighted by molar-refractivity contribution is 0.515. The third kappa shape index (κ3) is 6.82. The minimum Gasteiger partial charge on any atom is -0.382 e. The van der Waals surface area contributed by atoms with Crippen LogP contribution < -0.4 is 11.1 Å². The molecule has 0 bridgehead atoms. The van der Waals surface area contributed by atoms with E-state index in [9.17, 15) is 0 Å². The second-order valence-corrected chi connectivity index (χ2v) is 9.73. The molecular formula is C31H40N4. The van der Waals surface area contributed by atoms with Crippen LogP contribution >= 0.6 is 0 Å². The lowest BCUT2D eigenvalue weighted by atomic mass is 9.97. The number of nitrogens with two attached hydrogens (primary N) is 1. The van der Waals surface area contributed by atoms with Crippen LogP contribution in [0.2, 0.25) is 0 Å². The lowest BCUT2D eigenvalue weighted by Crippen LogP contribution is -2.18. The van der Waals surface area contributed by atoms with E-state index in [0.29, 0.717) is 5.84 Å².